The van der Waals surface area contributed by atoms with E-state index in [-0.39, 0.29) is 6.03 Å². The van der Waals surface area contributed by atoms with Crippen molar-refractivity contribution in [2.24, 2.45) is 4.99 Å². The molecule has 3 heterocycles. The van der Waals surface area contributed by atoms with Gasteiger partial charge in [-0.15, -0.1) is 0 Å². The molecule has 1 saturated carbocycles. The van der Waals surface area contributed by atoms with E-state index in [1.807, 2.05) is 17.0 Å². The average Bonchev–Trinajstić information content (AvgIpc) is 3.41. The molecule has 1 unspecified atom stereocenters. The van der Waals surface area contributed by atoms with Crippen molar-refractivity contribution < 1.29 is 4.79 Å². The molecule has 3 aliphatic rings. The van der Waals surface area contributed by atoms with E-state index in [1.165, 1.54) is 24.1 Å². The number of nitrogens with one attached hydrogen (secondary N) is 1. The van der Waals surface area contributed by atoms with Crippen LogP contribution in [0.1, 0.15) is 44.1 Å². The number of anilines is 2. The fourth-order valence-electron chi connectivity index (χ4n) is 5.58. The van der Waals surface area contributed by atoms with Crippen molar-refractivity contribution >= 4 is 23.2 Å². The molecule has 2 amide bonds. The molecule has 3 fully saturated rings. The third-order valence-electron chi connectivity index (χ3n) is 7.25. The fourth-order valence-corrected chi connectivity index (χ4v) is 5.58. The second-order valence-electron chi connectivity index (χ2n) is 9.80. The van der Waals surface area contributed by atoms with Gasteiger partial charge >= 0.3 is 6.03 Å². The summed E-state index contributed by atoms with van der Waals surface area (Å²) < 4.78 is 0. The largest absolute Gasteiger partial charge is 0.378 e. The minimum atomic E-state index is -0.468. The lowest BCUT2D eigenvalue weighted by molar-refractivity contribution is 0.176. The molecule has 7 heteroatoms. The molecule has 2 aromatic rings. The lowest BCUT2D eigenvalue weighted by Gasteiger charge is -2.44. The molecule has 0 bridgehead atoms. The molecule has 1 atom stereocenters. The zero-order valence-corrected chi connectivity index (χ0v) is 19.7. The number of amidine groups is 1. The summed E-state index contributed by atoms with van der Waals surface area (Å²) in [6.45, 7) is 2.64. The first-order valence-electron chi connectivity index (χ1n) is 12.1. The fraction of sp³-hybridized carbons (Fsp3) is 0.500. The molecule has 174 valence electrons. The number of aromatic nitrogens is 1. The number of pyridine rings is 1. The van der Waals surface area contributed by atoms with Crippen molar-refractivity contribution in [3.8, 4) is 0 Å². The number of urea groups is 1. The van der Waals surface area contributed by atoms with Crippen LogP contribution in [-0.2, 0) is 6.54 Å². The van der Waals surface area contributed by atoms with Gasteiger partial charge in [0.25, 0.3) is 0 Å². The van der Waals surface area contributed by atoms with E-state index in [1.54, 1.807) is 12.4 Å². The first-order chi connectivity index (χ1) is 16.0. The predicted molar refractivity (Wildman–Crippen MR) is 133 cm³/mol. The number of benzene rings is 1. The standard InChI is InChI=1S/C26H34N6O/c1-30(2)22-12-10-20(11-13-22)18-31-16-6-14-26(19-31)24(28-21-7-3-4-8-21)29-25(33)32(26)23-9-5-15-27-17-23/h5,9-13,15,17,21H,3-4,6-8,14,16,18-19H2,1-2H3,(H,28,29,33). The Balaban J connectivity index is 1.45. The SMILES string of the molecule is CN(C)c1ccc(CN2CCCC3(C2)C(=NC2CCCC2)NC(=O)N3c2cccnc2)cc1. The Hall–Kier alpha value is -2.93. The highest BCUT2D eigenvalue weighted by Gasteiger charge is 2.53. The van der Waals surface area contributed by atoms with Gasteiger partial charge in [-0.05, 0) is 62.1 Å². The molecule has 1 spiro atoms. The van der Waals surface area contributed by atoms with E-state index in [0.29, 0.717) is 6.04 Å². The monoisotopic (exact) mass is 446 g/mol. The van der Waals surface area contributed by atoms with Gasteiger partial charge in [-0.1, -0.05) is 25.0 Å². The van der Waals surface area contributed by atoms with Crippen molar-refractivity contribution in [3.63, 3.8) is 0 Å². The summed E-state index contributed by atoms with van der Waals surface area (Å²) in [7, 11) is 4.12. The Bertz CT molecular complexity index is 999. The summed E-state index contributed by atoms with van der Waals surface area (Å²) in [6, 6.07) is 12.9. The van der Waals surface area contributed by atoms with Crippen molar-refractivity contribution in [1.82, 2.24) is 15.2 Å². The normalized spacial score (nSPS) is 25.2. The first-order valence-corrected chi connectivity index (χ1v) is 12.1. The highest BCUT2D eigenvalue weighted by molar-refractivity contribution is 6.19. The molecule has 1 aromatic heterocycles. The van der Waals surface area contributed by atoms with Gasteiger partial charge in [0.15, 0.2) is 0 Å². The molecule has 0 radical (unpaired) electrons. The van der Waals surface area contributed by atoms with Crippen LogP contribution in [0, 0.1) is 0 Å². The summed E-state index contributed by atoms with van der Waals surface area (Å²) >= 11 is 0. The van der Waals surface area contributed by atoms with Crippen LogP contribution in [0.3, 0.4) is 0 Å². The van der Waals surface area contributed by atoms with E-state index in [9.17, 15) is 4.79 Å². The number of rotatable bonds is 5. The number of hydrogen-bond donors (Lipinski definition) is 1. The van der Waals surface area contributed by atoms with Crippen LogP contribution < -0.4 is 15.1 Å². The Kier molecular flexibility index (Phi) is 6.06. The quantitative estimate of drug-likeness (QED) is 0.753. The van der Waals surface area contributed by atoms with Gasteiger partial charge in [0, 0.05) is 39.1 Å². The van der Waals surface area contributed by atoms with Gasteiger partial charge < -0.3 is 4.90 Å². The minimum absolute atomic E-state index is 0.0862. The van der Waals surface area contributed by atoms with E-state index in [2.05, 4.69) is 58.5 Å². The van der Waals surface area contributed by atoms with Gasteiger partial charge in [0.1, 0.15) is 11.4 Å². The Morgan fingerprint density at radius 1 is 1.15 bits per heavy atom. The maximum absolute atomic E-state index is 13.3. The van der Waals surface area contributed by atoms with Gasteiger partial charge in [-0.3, -0.25) is 25.1 Å². The second-order valence-corrected chi connectivity index (χ2v) is 9.80. The number of piperidine rings is 1. The first kappa shape index (κ1) is 21.9. The number of nitrogens with zero attached hydrogens (tertiary/aromatic N) is 5. The predicted octanol–water partition coefficient (Wildman–Crippen LogP) is 4.05. The maximum atomic E-state index is 13.3. The summed E-state index contributed by atoms with van der Waals surface area (Å²) in [4.78, 5) is 29.2. The Morgan fingerprint density at radius 3 is 2.64 bits per heavy atom. The van der Waals surface area contributed by atoms with Crippen LogP contribution in [0.15, 0.2) is 53.8 Å². The van der Waals surface area contributed by atoms with E-state index < -0.39 is 5.54 Å². The molecule has 1 aromatic carbocycles. The van der Waals surface area contributed by atoms with E-state index >= 15 is 0 Å². The number of aliphatic imine (C=N–C) groups is 1. The number of amides is 2. The maximum Gasteiger partial charge on any atom is 0.328 e. The van der Waals surface area contributed by atoms with E-state index in [4.69, 9.17) is 4.99 Å². The van der Waals surface area contributed by atoms with Crippen LogP contribution in [0.25, 0.3) is 0 Å². The lowest BCUT2D eigenvalue weighted by Crippen LogP contribution is -2.60. The number of likely N-dealkylation sites (tertiary alicyclic amines) is 1. The molecular formula is C26H34N6O. The van der Waals surface area contributed by atoms with Crippen molar-refractivity contribution in [2.45, 2.75) is 56.7 Å². The number of carbonyl (C=O) groups is 1. The minimum Gasteiger partial charge on any atom is -0.378 e. The van der Waals surface area contributed by atoms with Gasteiger partial charge in [0.05, 0.1) is 17.9 Å². The molecule has 2 aliphatic heterocycles. The average molecular weight is 447 g/mol. The molecular weight excluding hydrogens is 412 g/mol. The molecule has 5 rings (SSSR count). The van der Waals surface area contributed by atoms with E-state index in [0.717, 1.165) is 56.8 Å². The van der Waals surface area contributed by atoms with Crippen molar-refractivity contribution in [2.75, 3.05) is 37.0 Å². The van der Waals surface area contributed by atoms with Crippen LogP contribution >= 0.6 is 0 Å². The highest BCUT2D eigenvalue weighted by Crippen LogP contribution is 2.38. The number of hydrogen-bond acceptors (Lipinski definition) is 5. The third kappa shape index (κ3) is 4.34. The van der Waals surface area contributed by atoms with Crippen LogP contribution in [-0.4, -0.2) is 60.5 Å². The van der Waals surface area contributed by atoms with Crippen molar-refractivity contribution in [1.29, 1.82) is 0 Å². The molecule has 7 nitrogen and oxygen atoms in total. The zero-order valence-electron chi connectivity index (χ0n) is 19.7. The van der Waals surface area contributed by atoms with Gasteiger partial charge in [-0.25, -0.2) is 4.79 Å². The molecule has 1 N–H and O–H groups in total. The zero-order chi connectivity index (χ0) is 22.8. The second kappa shape index (κ2) is 9.14. The molecule has 1 aliphatic carbocycles. The summed E-state index contributed by atoms with van der Waals surface area (Å²) in [5.74, 6) is 0.857. The van der Waals surface area contributed by atoms with Crippen LogP contribution in [0.5, 0.6) is 0 Å². The Labute approximate surface area is 196 Å². The Morgan fingerprint density at radius 2 is 1.94 bits per heavy atom. The molecule has 33 heavy (non-hydrogen) atoms. The van der Waals surface area contributed by atoms with Crippen LogP contribution in [0.2, 0.25) is 0 Å². The van der Waals surface area contributed by atoms with Crippen molar-refractivity contribution in [3.05, 3.63) is 54.4 Å². The summed E-state index contributed by atoms with van der Waals surface area (Å²) in [5.41, 5.74) is 2.86. The summed E-state index contributed by atoms with van der Waals surface area (Å²) in [6.07, 6.45) is 10.1. The summed E-state index contributed by atoms with van der Waals surface area (Å²) in [5, 5.41) is 3.17. The highest BCUT2D eigenvalue weighted by atomic mass is 16.2. The lowest BCUT2D eigenvalue weighted by atomic mass is 9.86. The topological polar surface area (TPSA) is 64.1 Å². The van der Waals surface area contributed by atoms with Crippen LogP contribution in [0.4, 0.5) is 16.2 Å². The smallest absolute Gasteiger partial charge is 0.328 e. The third-order valence-corrected chi connectivity index (χ3v) is 7.25. The van der Waals surface area contributed by atoms with Gasteiger partial charge in [-0.2, -0.15) is 0 Å². The molecule has 2 saturated heterocycles. The number of carbonyl (C=O) groups excluding carboxylic acids is 1. The van der Waals surface area contributed by atoms with Gasteiger partial charge in [0.2, 0.25) is 0 Å².